The van der Waals surface area contributed by atoms with Crippen LogP contribution in [0.1, 0.15) is 77.6 Å². The highest BCUT2D eigenvalue weighted by Crippen LogP contribution is 2.30. The normalized spacial score (nSPS) is 14.3. The summed E-state index contributed by atoms with van der Waals surface area (Å²) in [5, 5.41) is 5.60. The first-order valence-electron chi connectivity index (χ1n) is 11.5. The number of carbonyl (C=O) groups excluding carboxylic acids is 3. The van der Waals surface area contributed by atoms with Crippen LogP contribution in [0.2, 0.25) is 0 Å². The maximum atomic E-state index is 13.8. The van der Waals surface area contributed by atoms with Gasteiger partial charge in [-0.3, -0.25) is 9.59 Å². The maximum Gasteiger partial charge on any atom is 0.408 e. The number of hydrogen-bond acceptors (Lipinski definition) is 5. The van der Waals surface area contributed by atoms with Crippen LogP contribution in [0.25, 0.3) is 0 Å². The maximum absolute atomic E-state index is 13.8. The summed E-state index contributed by atoms with van der Waals surface area (Å²) in [5.74, 6) is -0.575. The zero-order valence-electron chi connectivity index (χ0n) is 21.5. The smallest absolute Gasteiger partial charge is 0.408 e. The van der Waals surface area contributed by atoms with Crippen LogP contribution in [0, 0.1) is 13.8 Å². The molecule has 3 amide bonds. The van der Waals surface area contributed by atoms with Crippen LogP contribution in [0.4, 0.5) is 4.79 Å². The third kappa shape index (κ3) is 8.25. The second kappa shape index (κ2) is 12.3. The van der Waals surface area contributed by atoms with Gasteiger partial charge in [-0.15, -0.1) is 0 Å². The molecule has 1 aromatic rings. The zero-order valence-corrected chi connectivity index (χ0v) is 22.4. The minimum atomic E-state index is -0.948. The summed E-state index contributed by atoms with van der Waals surface area (Å²) in [4.78, 5) is 41.2. The number of aryl methyl sites for hydroxylation is 1. The van der Waals surface area contributed by atoms with E-state index in [1.165, 1.54) is 0 Å². The van der Waals surface area contributed by atoms with Crippen LogP contribution in [-0.2, 0) is 14.3 Å². The van der Waals surface area contributed by atoms with Gasteiger partial charge in [0.05, 0.1) is 0 Å². The van der Waals surface area contributed by atoms with E-state index in [1.807, 2.05) is 59.7 Å². The summed E-state index contributed by atoms with van der Waals surface area (Å²) >= 11 is 4.31. The van der Waals surface area contributed by atoms with Crippen LogP contribution in [-0.4, -0.2) is 52.3 Å². The molecular formula is C25H41N3O4S. The molecule has 0 heterocycles. The Bertz CT molecular complexity index is 835. The monoisotopic (exact) mass is 479 g/mol. The van der Waals surface area contributed by atoms with Gasteiger partial charge in [-0.1, -0.05) is 25.1 Å². The van der Waals surface area contributed by atoms with E-state index in [2.05, 4.69) is 23.3 Å². The Morgan fingerprint density at radius 2 is 1.70 bits per heavy atom. The first kappa shape index (κ1) is 28.8. The second-order valence-electron chi connectivity index (χ2n) is 9.74. The third-order valence-electron chi connectivity index (χ3n) is 5.39. The average molecular weight is 480 g/mol. The van der Waals surface area contributed by atoms with E-state index in [9.17, 15) is 14.4 Å². The molecule has 0 saturated heterocycles. The summed E-state index contributed by atoms with van der Waals surface area (Å²) < 4.78 is 5.33. The lowest BCUT2D eigenvalue weighted by Gasteiger charge is -2.39. The molecular weight excluding hydrogens is 438 g/mol. The molecule has 2 N–H and O–H groups in total. The molecule has 0 aliphatic carbocycles. The van der Waals surface area contributed by atoms with Crippen molar-refractivity contribution in [2.24, 2.45) is 0 Å². The molecule has 0 radical (unpaired) electrons. The Morgan fingerprint density at radius 3 is 2.18 bits per heavy atom. The summed E-state index contributed by atoms with van der Waals surface area (Å²) in [6, 6.07) is 3.59. The van der Waals surface area contributed by atoms with E-state index in [0.29, 0.717) is 6.42 Å². The molecule has 0 aromatic heterocycles. The fourth-order valence-electron chi connectivity index (χ4n) is 3.46. The van der Waals surface area contributed by atoms with Crippen molar-refractivity contribution in [1.29, 1.82) is 0 Å². The molecule has 0 bridgehead atoms. The number of hydrogen-bond donors (Lipinski definition) is 3. The average Bonchev–Trinajstić information content (AvgIpc) is 2.69. The van der Waals surface area contributed by atoms with Crippen molar-refractivity contribution in [1.82, 2.24) is 15.5 Å². The lowest BCUT2D eigenvalue weighted by molar-refractivity contribution is -0.144. The van der Waals surface area contributed by atoms with Crippen molar-refractivity contribution >= 4 is 30.5 Å². The van der Waals surface area contributed by atoms with Crippen molar-refractivity contribution in [2.75, 3.05) is 5.75 Å². The molecule has 3 unspecified atom stereocenters. The Kier molecular flexibility index (Phi) is 10.7. The number of ether oxygens (including phenoxy) is 1. The van der Waals surface area contributed by atoms with Gasteiger partial charge in [0.1, 0.15) is 17.7 Å². The number of nitrogens with zero attached hydrogens (tertiary/aromatic N) is 1. The van der Waals surface area contributed by atoms with E-state index in [1.54, 1.807) is 25.7 Å². The van der Waals surface area contributed by atoms with Gasteiger partial charge < -0.3 is 20.3 Å². The van der Waals surface area contributed by atoms with Gasteiger partial charge in [0.25, 0.3) is 0 Å². The Hall–Kier alpha value is -2.22. The Morgan fingerprint density at radius 1 is 1.09 bits per heavy atom. The van der Waals surface area contributed by atoms with Crippen molar-refractivity contribution < 1.29 is 19.1 Å². The molecule has 0 aliphatic rings. The van der Waals surface area contributed by atoms with E-state index in [4.69, 9.17) is 4.74 Å². The predicted molar refractivity (Wildman–Crippen MR) is 136 cm³/mol. The number of thiol groups is 1. The second-order valence-corrected chi connectivity index (χ2v) is 10.1. The standard InChI is InChI=1S/C25H41N3O4S/c1-10-17(5)28(23(30)20(14-33)27-24(31)32-25(7,8)9)21(22(29)26-15(2)3)19-13-11-12-16(4)18(19)6/h11-13,15,17,20-21,33H,10,14H2,1-9H3,(H,26,29)(H,27,31). The molecule has 7 nitrogen and oxygen atoms in total. The van der Waals surface area contributed by atoms with Crippen molar-refractivity contribution in [2.45, 2.75) is 98.5 Å². The van der Waals surface area contributed by atoms with E-state index in [-0.39, 0.29) is 29.7 Å². The Balaban J connectivity index is 3.51. The van der Waals surface area contributed by atoms with Crippen LogP contribution >= 0.6 is 12.6 Å². The third-order valence-corrected chi connectivity index (χ3v) is 5.76. The van der Waals surface area contributed by atoms with E-state index in [0.717, 1.165) is 16.7 Å². The molecule has 0 spiro atoms. The summed E-state index contributed by atoms with van der Waals surface area (Å²) in [7, 11) is 0. The number of benzene rings is 1. The van der Waals surface area contributed by atoms with Gasteiger partial charge in [0.15, 0.2) is 0 Å². The lowest BCUT2D eigenvalue weighted by atomic mass is 9.93. The van der Waals surface area contributed by atoms with Crippen LogP contribution < -0.4 is 10.6 Å². The fourth-order valence-corrected chi connectivity index (χ4v) is 3.71. The minimum absolute atomic E-state index is 0.0658. The minimum Gasteiger partial charge on any atom is -0.444 e. The molecule has 0 saturated carbocycles. The SMILES string of the molecule is CCC(C)N(C(=O)C(CS)NC(=O)OC(C)(C)C)C(C(=O)NC(C)C)c1cccc(C)c1C. The number of alkyl carbamates (subject to hydrolysis) is 1. The van der Waals surface area contributed by atoms with E-state index < -0.39 is 23.8 Å². The summed E-state index contributed by atoms with van der Waals surface area (Å²) in [6.45, 7) is 16.8. The first-order valence-corrected chi connectivity index (χ1v) is 12.2. The fraction of sp³-hybridized carbons (Fsp3) is 0.640. The number of amides is 3. The molecule has 8 heteroatoms. The molecule has 186 valence electrons. The highest BCUT2D eigenvalue weighted by atomic mass is 32.1. The van der Waals surface area contributed by atoms with Gasteiger partial charge in [-0.05, 0) is 78.5 Å². The molecule has 33 heavy (non-hydrogen) atoms. The van der Waals surface area contributed by atoms with Crippen molar-refractivity contribution in [3.63, 3.8) is 0 Å². The Labute approximate surface area is 204 Å². The number of rotatable bonds is 9. The zero-order chi connectivity index (χ0) is 25.5. The topological polar surface area (TPSA) is 87.7 Å². The first-order chi connectivity index (χ1) is 15.2. The van der Waals surface area contributed by atoms with Gasteiger partial charge in [-0.25, -0.2) is 4.79 Å². The number of nitrogens with one attached hydrogen (secondary N) is 2. The quantitative estimate of drug-likeness (QED) is 0.460. The van der Waals surface area contributed by atoms with Crippen molar-refractivity contribution in [3.05, 3.63) is 34.9 Å². The lowest BCUT2D eigenvalue weighted by Crippen LogP contribution is -2.56. The largest absolute Gasteiger partial charge is 0.444 e. The van der Waals surface area contributed by atoms with Gasteiger partial charge >= 0.3 is 6.09 Å². The summed E-state index contributed by atoms with van der Waals surface area (Å²) in [6.07, 6.45) is -0.0673. The van der Waals surface area contributed by atoms with Crippen LogP contribution in [0.5, 0.6) is 0 Å². The molecule has 0 aliphatic heterocycles. The summed E-state index contributed by atoms with van der Waals surface area (Å²) in [5.41, 5.74) is 2.04. The number of carbonyl (C=O) groups is 3. The van der Waals surface area contributed by atoms with Crippen LogP contribution in [0.15, 0.2) is 18.2 Å². The van der Waals surface area contributed by atoms with Gasteiger partial charge in [0.2, 0.25) is 11.8 Å². The van der Waals surface area contributed by atoms with E-state index >= 15 is 0 Å². The highest BCUT2D eigenvalue weighted by Gasteiger charge is 2.39. The molecule has 1 rings (SSSR count). The van der Waals surface area contributed by atoms with Gasteiger partial charge in [-0.2, -0.15) is 12.6 Å². The molecule has 3 atom stereocenters. The highest BCUT2D eigenvalue weighted by molar-refractivity contribution is 7.80. The van der Waals surface area contributed by atoms with Gasteiger partial charge in [0, 0.05) is 17.8 Å². The van der Waals surface area contributed by atoms with Crippen LogP contribution in [0.3, 0.4) is 0 Å². The molecule has 1 aromatic carbocycles. The predicted octanol–water partition coefficient (Wildman–Crippen LogP) is 4.32. The molecule has 0 fully saturated rings. The van der Waals surface area contributed by atoms with Crippen molar-refractivity contribution in [3.8, 4) is 0 Å².